The van der Waals surface area contributed by atoms with Crippen molar-refractivity contribution in [1.82, 2.24) is 0 Å². The van der Waals surface area contributed by atoms with E-state index in [1.54, 1.807) is 0 Å². The van der Waals surface area contributed by atoms with Crippen LogP contribution in [0.3, 0.4) is 0 Å². The Morgan fingerprint density at radius 1 is 1.33 bits per heavy atom. The highest BCUT2D eigenvalue weighted by molar-refractivity contribution is 6.18. The standard InChI is InChI=1S/C12H21ClO2/c1-9-4-11(2,3)8-12(5-9)14-7-10(6-13)15-12/h9-10H,4-8H2,1-3H3. The van der Waals surface area contributed by atoms with E-state index in [1.807, 2.05) is 0 Å². The Balaban J connectivity index is 2.08. The third kappa shape index (κ3) is 2.48. The van der Waals surface area contributed by atoms with Gasteiger partial charge in [0, 0.05) is 12.8 Å². The van der Waals surface area contributed by atoms with Crippen molar-refractivity contribution in [3.63, 3.8) is 0 Å². The molecule has 0 N–H and O–H groups in total. The molecule has 0 amide bonds. The Labute approximate surface area is 97.3 Å². The summed E-state index contributed by atoms with van der Waals surface area (Å²) in [6, 6.07) is 0. The zero-order valence-corrected chi connectivity index (χ0v) is 10.6. The van der Waals surface area contributed by atoms with E-state index in [9.17, 15) is 0 Å². The smallest absolute Gasteiger partial charge is 0.169 e. The second-order valence-corrected chi connectivity index (χ2v) is 6.28. The predicted molar refractivity (Wildman–Crippen MR) is 61.1 cm³/mol. The molecule has 1 saturated heterocycles. The van der Waals surface area contributed by atoms with E-state index in [0.29, 0.717) is 23.8 Å². The number of halogens is 1. The van der Waals surface area contributed by atoms with Crippen LogP contribution >= 0.6 is 11.6 Å². The summed E-state index contributed by atoms with van der Waals surface area (Å²) in [5.41, 5.74) is 0.318. The van der Waals surface area contributed by atoms with Gasteiger partial charge in [0.1, 0.15) is 0 Å². The van der Waals surface area contributed by atoms with Crippen LogP contribution in [0.15, 0.2) is 0 Å². The summed E-state index contributed by atoms with van der Waals surface area (Å²) in [7, 11) is 0. The molecule has 15 heavy (non-hydrogen) atoms. The van der Waals surface area contributed by atoms with Crippen molar-refractivity contribution in [1.29, 1.82) is 0 Å². The Morgan fingerprint density at radius 2 is 2.07 bits per heavy atom. The number of rotatable bonds is 1. The van der Waals surface area contributed by atoms with Crippen molar-refractivity contribution in [2.75, 3.05) is 12.5 Å². The van der Waals surface area contributed by atoms with Crippen LogP contribution in [0.1, 0.15) is 40.0 Å². The quantitative estimate of drug-likeness (QED) is 0.647. The molecule has 0 aromatic rings. The molecule has 2 aliphatic rings. The lowest BCUT2D eigenvalue weighted by molar-refractivity contribution is -0.214. The Bertz CT molecular complexity index is 242. The maximum atomic E-state index is 5.99. The molecular weight excluding hydrogens is 212 g/mol. The monoisotopic (exact) mass is 232 g/mol. The average molecular weight is 233 g/mol. The lowest BCUT2D eigenvalue weighted by Gasteiger charge is -2.44. The molecule has 2 nitrogen and oxygen atoms in total. The van der Waals surface area contributed by atoms with Gasteiger partial charge >= 0.3 is 0 Å². The summed E-state index contributed by atoms with van der Waals surface area (Å²) >= 11 is 5.81. The first-order valence-electron chi connectivity index (χ1n) is 5.82. The van der Waals surface area contributed by atoms with Gasteiger partial charge in [0.25, 0.3) is 0 Å². The highest BCUT2D eigenvalue weighted by Gasteiger charge is 2.49. The highest BCUT2D eigenvalue weighted by atomic mass is 35.5. The van der Waals surface area contributed by atoms with Gasteiger partial charge < -0.3 is 9.47 Å². The summed E-state index contributed by atoms with van der Waals surface area (Å²) in [5, 5.41) is 0. The molecule has 1 saturated carbocycles. The van der Waals surface area contributed by atoms with E-state index in [4.69, 9.17) is 21.1 Å². The van der Waals surface area contributed by atoms with Crippen LogP contribution in [0.4, 0.5) is 0 Å². The Morgan fingerprint density at radius 3 is 2.60 bits per heavy atom. The van der Waals surface area contributed by atoms with Crippen LogP contribution in [0.5, 0.6) is 0 Å². The number of hydrogen-bond acceptors (Lipinski definition) is 2. The minimum atomic E-state index is -0.333. The lowest BCUT2D eigenvalue weighted by Crippen LogP contribution is -2.43. The van der Waals surface area contributed by atoms with Gasteiger partial charge in [0.2, 0.25) is 0 Å². The van der Waals surface area contributed by atoms with Crippen molar-refractivity contribution in [3.05, 3.63) is 0 Å². The van der Waals surface area contributed by atoms with Gasteiger partial charge in [-0.05, 0) is 17.8 Å². The predicted octanol–water partition coefficient (Wildman–Crippen LogP) is 3.18. The molecule has 3 unspecified atom stereocenters. The molecule has 1 spiro atoms. The summed E-state index contributed by atoms with van der Waals surface area (Å²) < 4.78 is 11.9. The number of ether oxygens (including phenoxy) is 2. The Hall–Kier alpha value is 0.210. The zero-order valence-electron chi connectivity index (χ0n) is 9.88. The first-order chi connectivity index (χ1) is 6.95. The first kappa shape index (κ1) is 11.7. The topological polar surface area (TPSA) is 18.5 Å². The fourth-order valence-corrected chi connectivity index (χ4v) is 3.46. The van der Waals surface area contributed by atoms with Gasteiger partial charge in [-0.2, -0.15) is 0 Å². The minimum absolute atomic E-state index is 0.0905. The van der Waals surface area contributed by atoms with Crippen molar-refractivity contribution in [2.45, 2.75) is 51.9 Å². The van der Waals surface area contributed by atoms with Crippen LogP contribution < -0.4 is 0 Å². The molecule has 1 aliphatic carbocycles. The molecule has 0 aromatic carbocycles. The average Bonchev–Trinajstić information content (AvgIpc) is 2.44. The summed E-state index contributed by atoms with van der Waals surface area (Å²) in [5.74, 6) is 0.875. The molecule has 3 atom stereocenters. The second kappa shape index (κ2) is 3.90. The van der Waals surface area contributed by atoms with Crippen LogP contribution in [0, 0.1) is 11.3 Å². The molecule has 1 aliphatic heterocycles. The maximum Gasteiger partial charge on any atom is 0.169 e. The van der Waals surface area contributed by atoms with E-state index in [2.05, 4.69) is 20.8 Å². The van der Waals surface area contributed by atoms with Crippen molar-refractivity contribution < 1.29 is 9.47 Å². The van der Waals surface area contributed by atoms with Crippen LogP contribution in [-0.4, -0.2) is 24.4 Å². The third-order valence-corrected chi connectivity index (χ3v) is 3.74. The molecule has 2 fully saturated rings. The normalized spacial score (nSPS) is 44.8. The van der Waals surface area contributed by atoms with Gasteiger partial charge in [-0.25, -0.2) is 0 Å². The van der Waals surface area contributed by atoms with Crippen LogP contribution in [-0.2, 0) is 9.47 Å². The van der Waals surface area contributed by atoms with Crippen LogP contribution in [0.2, 0.25) is 0 Å². The molecule has 2 rings (SSSR count). The molecule has 3 heteroatoms. The van der Waals surface area contributed by atoms with E-state index < -0.39 is 0 Å². The third-order valence-electron chi connectivity index (χ3n) is 3.39. The van der Waals surface area contributed by atoms with E-state index >= 15 is 0 Å². The van der Waals surface area contributed by atoms with E-state index in [0.717, 1.165) is 12.8 Å². The SMILES string of the molecule is CC1CC(C)(C)CC2(C1)OCC(CCl)O2. The number of hydrogen-bond donors (Lipinski definition) is 0. The lowest BCUT2D eigenvalue weighted by atomic mass is 9.70. The summed E-state index contributed by atoms with van der Waals surface area (Å²) in [6.45, 7) is 7.53. The fourth-order valence-electron chi connectivity index (χ4n) is 3.31. The van der Waals surface area contributed by atoms with Gasteiger partial charge in [-0.15, -0.1) is 11.6 Å². The fraction of sp³-hybridized carbons (Fsp3) is 1.00. The second-order valence-electron chi connectivity index (χ2n) is 5.97. The highest BCUT2D eigenvalue weighted by Crippen LogP contribution is 2.48. The molecular formula is C12H21ClO2. The molecule has 1 heterocycles. The summed E-state index contributed by atoms with van der Waals surface area (Å²) in [4.78, 5) is 0. The zero-order chi connectivity index (χ0) is 11.1. The molecule has 88 valence electrons. The van der Waals surface area contributed by atoms with Crippen molar-refractivity contribution in [3.8, 4) is 0 Å². The molecule has 0 bridgehead atoms. The van der Waals surface area contributed by atoms with Crippen molar-refractivity contribution >= 4 is 11.6 Å². The van der Waals surface area contributed by atoms with Gasteiger partial charge in [0.15, 0.2) is 5.79 Å². The van der Waals surface area contributed by atoms with E-state index in [-0.39, 0.29) is 11.9 Å². The van der Waals surface area contributed by atoms with E-state index in [1.165, 1.54) is 6.42 Å². The number of alkyl halides is 1. The molecule has 0 radical (unpaired) electrons. The first-order valence-corrected chi connectivity index (χ1v) is 6.36. The Kier molecular flexibility index (Phi) is 3.04. The van der Waals surface area contributed by atoms with Gasteiger partial charge in [-0.1, -0.05) is 20.8 Å². The minimum Gasteiger partial charge on any atom is -0.347 e. The largest absolute Gasteiger partial charge is 0.347 e. The van der Waals surface area contributed by atoms with Gasteiger partial charge in [-0.3, -0.25) is 0 Å². The summed E-state index contributed by atoms with van der Waals surface area (Å²) in [6.07, 6.45) is 3.36. The molecule has 0 aromatic heterocycles. The van der Waals surface area contributed by atoms with Crippen molar-refractivity contribution in [2.24, 2.45) is 11.3 Å². The van der Waals surface area contributed by atoms with Gasteiger partial charge in [0.05, 0.1) is 18.6 Å². The maximum absolute atomic E-state index is 5.99. The van der Waals surface area contributed by atoms with Crippen LogP contribution in [0.25, 0.3) is 0 Å².